The number of rotatable bonds is 6. The molecule has 4 aromatic rings. The lowest BCUT2D eigenvalue weighted by Crippen LogP contribution is -2.49. The average Bonchev–Trinajstić information content (AvgIpc) is 3.35. The van der Waals surface area contributed by atoms with Gasteiger partial charge in [-0.15, -0.1) is 0 Å². The quantitative estimate of drug-likeness (QED) is 0.147. The zero-order chi connectivity index (χ0) is 27.6. The molecule has 3 aromatic carbocycles. The second-order valence-corrected chi connectivity index (χ2v) is 10.3. The van der Waals surface area contributed by atoms with Crippen LogP contribution in [-0.2, 0) is 6.42 Å². The summed E-state index contributed by atoms with van der Waals surface area (Å²) in [5, 5.41) is 5.77. The van der Waals surface area contributed by atoms with Gasteiger partial charge in [0.1, 0.15) is 13.2 Å². The Hall–Kier alpha value is -4.28. The largest absolute Gasteiger partial charge is 0.486 e. The van der Waals surface area contributed by atoms with E-state index in [9.17, 15) is 4.79 Å². The number of nitrogens with zero attached hydrogens (tertiary/aromatic N) is 4. The molecule has 1 atom stereocenters. The smallest absolute Gasteiger partial charge is 0.326 e. The molecular weight excluding hydrogens is 506 g/mol. The number of hydrazine groups is 1. The average molecular weight is 542 g/mol. The van der Waals surface area contributed by atoms with E-state index < -0.39 is 0 Å². The van der Waals surface area contributed by atoms with Crippen LogP contribution in [0.15, 0.2) is 76.6 Å². The van der Waals surface area contributed by atoms with Gasteiger partial charge in [0.15, 0.2) is 17.3 Å². The molecule has 1 saturated heterocycles. The van der Waals surface area contributed by atoms with Gasteiger partial charge in [0, 0.05) is 25.2 Å². The molecule has 0 amide bonds. The maximum atomic E-state index is 12.9. The van der Waals surface area contributed by atoms with Crippen LogP contribution in [0.2, 0.25) is 0 Å². The topological polar surface area (TPSA) is 127 Å². The minimum atomic E-state index is -0.283. The number of aryl methyl sites for hydroxylation is 1. The van der Waals surface area contributed by atoms with Crippen molar-refractivity contribution in [2.45, 2.75) is 38.3 Å². The maximum Gasteiger partial charge on any atom is 0.326 e. The van der Waals surface area contributed by atoms with E-state index in [-0.39, 0.29) is 17.8 Å². The molecule has 0 aliphatic carbocycles. The Morgan fingerprint density at radius 1 is 1.05 bits per heavy atom. The molecule has 2 aliphatic heterocycles. The van der Waals surface area contributed by atoms with Gasteiger partial charge in [0.25, 0.3) is 0 Å². The predicted octanol–water partition coefficient (Wildman–Crippen LogP) is 3.69. The van der Waals surface area contributed by atoms with Crippen molar-refractivity contribution in [3.8, 4) is 11.5 Å². The van der Waals surface area contributed by atoms with Crippen molar-refractivity contribution >= 4 is 22.6 Å². The Bertz CT molecular complexity index is 1570. The molecule has 1 aromatic heterocycles. The number of piperidine rings is 1. The summed E-state index contributed by atoms with van der Waals surface area (Å²) >= 11 is 0. The standard InChI is InChI=1S/C30H35N7O3/c1-2-20-7-9-21(10-8-20)28(29(34-31)37(32)23-11-12-26-27(19-23)40-18-17-39-26)35-15-13-22(14-16-35)36-25-6-4-3-5-24(25)33-30(36)38/h3-12,19,22,28H,2,13-18,31-32H2,1H3,(H,33,38)/b34-29-. The van der Waals surface area contributed by atoms with E-state index in [1.807, 2.05) is 47.0 Å². The molecule has 2 aliphatic rings. The third-order valence-electron chi connectivity index (χ3n) is 7.98. The molecule has 0 spiro atoms. The number of amidine groups is 1. The first-order valence-corrected chi connectivity index (χ1v) is 13.8. The van der Waals surface area contributed by atoms with Gasteiger partial charge < -0.3 is 20.3 Å². The first kappa shape index (κ1) is 26.0. The number of hydrazone groups is 1. The zero-order valence-electron chi connectivity index (χ0n) is 22.6. The Labute approximate surface area is 232 Å². The molecule has 10 nitrogen and oxygen atoms in total. The number of H-pyrrole nitrogens is 1. The lowest BCUT2D eigenvalue weighted by molar-refractivity contribution is 0.164. The first-order chi connectivity index (χ1) is 19.6. The van der Waals surface area contributed by atoms with Crippen LogP contribution < -0.4 is 31.9 Å². The summed E-state index contributed by atoms with van der Waals surface area (Å²) in [4.78, 5) is 18.2. The molecular formula is C30H35N7O3. The zero-order valence-corrected chi connectivity index (χ0v) is 22.6. The van der Waals surface area contributed by atoms with E-state index in [2.05, 4.69) is 46.2 Å². The SMILES string of the molecule is CCc1ccc(C(/C(=N/N)N(N)c2ccc3c(c2)OCCO3)N2CCC(n3c(=O)[nH]c4ccccc43)CC2)cc1. The van der Waals surface area contributed by atoms with Crippen molar-refractivity contribution < 1.29 is 9.47 Å². The summed E-state index contributed by atoms with van der Waals surface area (Å²) in [5.74, 6) is 14.6. The number of likely N-dealkylation sites (tertiary alicyclic amines) is 1. The Kier molecular flexibility index (Phi) is 7.19. The maximum absolute atomic E-state index is 12.9. The second kappa shape index (κ2) is 11.1. The predicted molar refractivity (Wildman–Crippen MR) is 157 cm³/mol. The lowest BCUT2D eigenvalue weighted by atomic mass is 9.96. The third-order valence-corrected chi connectivity index (χ3v) is 7.98. The molecule has 0 saturated carbocycles. The van der Waals surface area contributed by atoms with Gasteiger partial charge in [-0.1, -0.05) is 43.3 Å². The molecule has 6 rings (SSSR count). The molecule has 5 N–H and O–H groups in total. The number of para-hydroxylation sites is 2. The van der Waals surface area contributed by atoms with Crippen molar-refractivity contribution in [2.75, 3.05) is 31.3 Å². The van der Waals surface area contributed by atoms with Crippen LogP contribution in [-0.4, -0.2) is 46.6 Å². The summed E-state index contributed by atoms with van der Waals surface area (Å²) in [5.41, 5.74) is 4.74. The number of hydrogen-bond donors (Lipinski definition) is 3. The number of anilines is 1. The number of nitrogens with two attached hydrogens (primary N) is 2. The van der Waals surface area contributed by atoms with Gasteiger partial charge in [-0.3, -0.25) is 14.5 Å². The van der Waals surface area contributed by atoms with E-state index in [1.54, 1.807) is 0 Å². The van der Waals surface area contributed by atoms with Crippen molar-refractivity contribution in [2.24, 2.45) is 16.8 Å². The summed E-state index contributed by atoms with van der Waals surface area (Å²) in [7, 11) is 0. The van der Waals surface area contributed by atoms with Crippen LogP contribution in [0.5, 0.6) is 11.5 Å². The van der Waals surface area contributed by atoms with Gasteiger partial charge in [-0.05, 0) is 54.7 Å². The van der Waals surface area contributed by atoms with Crippen molar-refractivity contribution in [3.05, 3.63) is 88.3 Å². The molecule has 1 fully saturated rings. The minimum Gasteiger partial charge on any atom is -0.486 e. The minimum absolute atomic E-state index is 0.0673. The van der Waals surface area contributed by atoms with Gasteiger partial charge in [0.2, 0.25) is 0 Å². The highest BCUT2D eigenvalue weighted by molar-refractivity contribution is 6.01. The van der Waals surface area contributed by atoms with E-state index >= 15 is 0 Å². The highest BCUT2D eigenvalue weighted by atomic mass is 16.6. The Balaban J connectivity index is 1.30. The second-order valence-electron chi connectivity index (χ2n) is 10.3. The van der Waals surface area contributed by atoms with E-state index in [4.69, 9.17) is 21.2 Å². The van der Waals surface area contributed by atoms with Gasteiger partial charge in [0.05, 0.1) is 22.8 Å². The van der Waals surface area contributed by atoms with Crippen LogP contribution in [0.3, 0.4) is 0 Å². The number of imidazole rings is 1. The Morgan fingerprint density at radius 2 is 1.77 bits per heavy atom. The number of aromatic amines is 1. The summed E-state index contributed by atoms with van der Waals surface area (Å²) in [6, 6.07) is 21.8. The highest BCUT2D eigenvalue weighted by Gasteiger charge is 2.34. The van der Waals surface area contributed by atoms with Crippen molar-refractivity contribution in [1.82, 2.24) is 14.5 Å². The number of ether oxygens (including phenoxy) is 2. The molecule has 1 unspecified atom stereocenters. The molecule has 0 bridgehead atoms. The fraction of sp³-hybridized carbons (Fsp3) is 0.333. The monoisotopic (exact) mass is 541 g/mol. The number of benzene rings is 3. The molecule has 208 valence electrons. The van der Waals surface area contributed by atoms with E-state index in [1.165, 1.54) is 10.6 Å². The fourth-order valence-corrected chi connectivity index (χ4v) is 5.88. The third kappa shape index (κ3) is 4.80. The van der Waals surface area contributed by atoms with E-state index in [0.717, 1.165) is 48.9 Å². The van der Waals surface area contributed by atoms with Gasteiger partial charge >= 0.3 is 5.69 Å². The Morgan fingerprint density at radius 3 is 2.50 bits per heavy atom. The van der Waals surface area contributed by atoms with Crippen LogP contribution in [0.1, 0.15) is 43.0 Å². The number of nitrogens with one attached hydrogen (secondary N) is 1. The summed E-state index contributed by atoms with van der Waals surface area (Å²) < 4.78 is 13.4. The molecule has 40 heavy (non-hydrogen) atoms. The normalized spacial score (nSPS) is 17.2. The number of hydrogen-bond acceptors (Lipinski definition) is 7. The van der Waals surface area contributed by atoms with Crippen LogP contribution in [0.25, 0.3) is 11.0 Å². The summed E-state index contributed by atoms with van der Waals surface area (Å²) in [6.07, 6.45) is 2.56. The number of fused-ring (bicyclic) bond motifs is 2. The lowest BCUT2D eigenvalue weighted by Gasteiger charge is -2.40. The van der Waals surface area contributed by atoms with Crippen molar-refractivity contribution in [1.29, 1.82) is 0 Å². The van der Waals surface area contributed by atoms with Crippen LogP contribution >= 0.6 is 0 Å². The van der Waals surface area contributed by atoms with Gasteiger partial charge in [-0.2, -0.15) is 5.10 Å². The molecule has 0 radical (unpaired) electrons. The highest BCUT2D eigenvalue weighted by Crippen LogP contribution is 2.36. The first-order valence-electron chi connectivity index (χ1n) is 13.8. The van der Waals surface area contributed by atoms with E-state index in [0.29, 0.717) is 36.2 Å². The van der Waals surface area contributed by atoms with Crippen LogP contribution in [0.4, 0.5) is 5.69 Å². The summed E-state index contributed by atoms with van der Waals surface area (Å²) in [6.45, 7) is 4.63. The molecule has 10 heteroatoms. The fourth-order valence-electron chi connectivity index (χ4n) is 5.88. The van der Waals surface area contributed by atoms with Crippen LogP contribution in [0, 0.1) is 0 Å². The van der Waals surface area contributed by atoms with Crippen molar-refractivity contribution in [3.63, 3.8) is 0 Å². The molecule has 3 heterocycles. The number of aromatic nitrogens is 2. The van der Waals surface area contributed by atoms with Gasteiger partial charge in [-0.25, -0.2) is 10.6 Å².